The van der Waals surface area contributed by atoms with Gasteiger partial charge in [0.2, 0.25) is 0 Å². The number of hydrogen-bond acceptors (Lipinski definition) is 3. The van der Waals surface area contributed by atoms with E-state index in [1.807, 2.05) is 0 Å². The Labute approximate surface area is 526 Å². The molecule has 0 unspecified atom stereocenters. The van der Waals surface area contributed by atoms with Gasteiger partial charge in [-0.2, -0.15) is 0 Å². The summed E-state index contributed by atoms with van der Waals surface area (Å²) < 4.78 is 0. The Bertz CT molecular complexity index is 2970. The third-order valence-electron chi connectivity index (χ3n) is 18.8. The Balaban J connectivity index is 0.000000214. The molecule has 0 amide bonds. The molecular weight excluding hydrogens is 1040 g/mol. The molecule has 1 aliphatic carbocycles. The summed E-state index contributed by atoms with van der Waals surface area (Å²) in [5.41, 5.74) is 25.1. The van der Waals surface area contributed by atoms with Gasteiger partial charge in [-0.05, 0) is 182 Å². The quantitative estimate of drug-likeness (QED) is 0.0482. The molecular formula is C83H117N3. The zero-order valence-electron chi connectivity index (χ0n) is 57.7. The Hall–Kier alpha value is -5.67. The molecule has 6 aromatic carbocycles. The van der Waals surface area contributed by atoms with Crippen LogP contribution < -0.4 is 0 Å². The maximum Gasteiger partial charge on any atom is 0.164 e. The average molecular weight is 1160 g/mol. The van der Waals surface area contributed by atoms with Gasteiger partial charge in [0.1, 0.15) is 0 Å². The van der Waals surface area contributed by atoms with Gasteiger partial charge in [-0.1, -0.05) is 293 Å². The molecule has 0 spiro atoms. The molecule has 1 aliphatic rings. The number of benzene rings is 6. The van der Waals surface area contributed by atoms with Gasteiger partial charge in [-0.25, -0.2) is 15.0 Å². The van der Waals surface area contributed by atoms with Crippen molar-refractivity contribution < 1.29 is 0 Å². The average Bonchev–Trinajstić information content (AvgIpc) is 1.71. The van der Waals surface area contributed by atoms with E-state index >= 15 is 0 Å². The highest BCUT2D eigenvalue weighted by atomic mass is 15.0. The van der Waals surface area contributed by atoms with Crippen molar-refractivity contribution in [2.24, 2.45) is 0 Å². The second-order valence-electron chi connectivity index (χ2n) is 28.2. The monoisotopic (exact) mass is 1160 g/mol. The van der Waals surface area contributed by atoms with Gasteiger partial charge in [0.05, 0.1) is 0 Å². The van der Waals surface area contributed by atoms with Crippen molar-refractivity contribution in [2.45, 2.75) is 288 Å². The molecule has 0 bridgehead atoms. The maximum absolute atomic E-state index is 4.94. The van der Waals surface area contributed by atoms with Crippen molar-refractivity contribution in [3.63, 3.8) is 0 Å². The van der Waals surface area contributed by atoms with Crippen molar-refractivity contribution in [2.75, 3.05) is 0 Å². The van der Waals surface area contributed by atoms with Crippen LogP contribution in [0, 0.1) is 48.5 Å². The normalized spacial score (nSPS) is 12.5. The van der Waals surface area contributed by atoms with E-state index in [1.165, 1.54) is 215 Å². The number of rotatable bonds is 27. The topological polar surface area (TPSA) is 38.7 Å². The Morgan fingerprint density at radius 3 is 1.00 bits per heavy atom. The van der Waals surface area contributed by atoms with Gasteiger partial charge in [0.25, 0.3) is 0 Å². The van der Waals surface area contributed by atoms with Crippen LogP contribution in [0.2, 0.25) is 0 Å². The first-order chi connectivity index (χ1) is 41.1. The minimum absolute atomic E-state index is 0.0969. The fourth-order valence-corrected chi connectivity index (χ4v) is 12.9. The molecule has 1 heterocycles. The first kappa shape index (κ1) is 69.4. The summed E-state index contributed by atoms with van der Waals surface area (Å²) in [7, 11) is 0. The van der Waals surface area contributed by atoms with Gasteiger partial charge in [0.15, 0.2) is 17.5 Å². The SMILES string of the molecule is CCCCCCCCC1(CCCCCCCC)c2cc(C)ccc2-c2ccc(C)cc21.CCCCCCc1cc(C)c(CCCCCC)cc1C.Cc1cc(-c2nc(-c3ccc(C(C)(C)C)cc3)nc(-c3ccc(C(C)(C)C)cc3)n2)cc(C)c1C. The smallest absolute Gasteiger partial charge is 0.164 e. The molecule has 3 nitrogen and oxygen atoms in total. The van der Waals surface area contributed by atoms with Crippen molar-refractivity contribution in [1.29, 1.82) is 0 Å². The fourth-order valence-electron chi connectivity index (χ4n) is 12.9. The largest absolute Gasteiger partial charge is 0.208 e. The van der Waals surface area contributed by atoms with Crippen LogP contribution in [0.1, 0.15) is 283 Å². The van der Waals surface area contributed by atoms with Crippen molar-refractivity contribution in [3.05, 3.63) is 182 Å². The van der Waals surface area contributed by atoms with Crippen LogP contribution in [0.25, 0.3) is 45.3 Å². The second-order valence-corrected chi connectivity index (χ2v) is 28.2. The molecule has 8 rings (SSSR count). The summed E-state index contributed by atoms with van der Waals surface area (Å²) >= 11 is 0. The highest BCUT2D eigenvalue weighted by Gasteiger charge is 2.42. The van der Waals surface area contributed by atoms with Crippen LogP contribution >= 0.6 is 0 Å². The minimum Gasteiger partial charge on any atom is -0.208 e. The van der Waals surface area contributed by atoms with Crippen molar-refractivity contribution in [1.82, 2.24) is 15.0 Å². The van der Waals surface area contributed by atoms with Crippen LogP contribution in [0.15, 0.2) is 109 Å². The van der Waals surface area contributed by atoms with Crippen LogP contribution in [-0.4, -0.2) is 15.0 Å². The number of aromatic nitrogens is 3. The van der Waals surface area contributed by atoms with Crippen LogP contribution in [0.4, 0.5) is 0 Å². The molecule has 0 saturated heterocycles. The lowest BCUT2D eigenvalue weighted by Gasteiger charge is -2.33. The first-order valence-corrected chi connectivity index (χ1v) is 34.5. The van der Waals surface area contributed by atoms with Crippen molar-refractivity contribution >= 4 is 0 Å². The van der Waals surface area contributed by atoms with Crippen LogP contribution in [0.3, 0.4) is 0 Å². The molecule has 3 heteroatoms. The molecule has 0 radical (unpaired) electrons. The molecule has 464 valence electrons. The van der Waals surface area contributed by atoms with E-state index in [1.54, 1.807) is 22.3 Å². The van der Waals surface area contributed by atoms with E-state index in [0.29, 0.717) is 17.5 Å². The highest BCUT2D eigenvalue weighted by Crippen LogP contribution is 2.55. The molecule has 1 aromatic heterocycles. The van der Waals surface area contributed by atoms with Gasteiger partial charge in [0, 0.05) is 22.1 Å². The van der Waals surface area contributed by atoms with E-state index in [-0.39, 0.29) is 16.2 Å². The van der Waals surface area contributed by atoms with E-state index in [9.17, 15) is 0 Å². The minimum atomic E-state index is 0.0969. The highest BCUT2D eigenvalue weighted by molar-refractivity contribution is 5.82. The Morgan fingerprint density at radius 1 is 0.326 bits per heavy atom. The van der Waals surface area contributed by atoms with Crippen LogP contribution in [0.5, 0.6) is 0 Å². The zero-order chi connectivity index (χ0) is 62.4. The standard InChI is InChI=1S/C32H37N3.C31H46.C20H34/c1-20-18-25(19-21(2)22(20)3)30-34-28(23-10-14-26(15-11-23)31(4,5)6)33-29(35-30)24-12-16-27(17-13-24)32(7,8)9;1-5-7-9-11-13-15-21-31(22-16-14-12-10-8-6-2)29-23-25(3)17-19-27(29)28-20-18-26(4)24-30(28)31;1-5-7-9-11-13-19-15-18(4)20(16-17(19)3)14-12-10-8-6-2/h10-19H,1-9H3;17-20,23-24H,5-16,21-22H2,1-4H3;15-16H,5-14H2,1-4H3. The summed E-state index contributed by atoms with van der Waals surface area (Å²) in [6.07, 6.45) is 32.7. The number of aryl methyl sites for hydroxylation is 8. The van der Waals surface area contributed by atoms with Crippen molar-refractivity contribution in [3.8, 4) is 45.3 Å². The zero-order valence-corrected chi connectivity index (χ0v) is 57.7. The molecule has 0 aliphatic heterocycles. The maximum atomic E-state index is 4.94. The van der Waals surface area contributed by atoms with Gasteiger partial charge in [-0.15, -0.1) is 0 Å². The van der Waals surface area contributed by atoms with Gasteiger partial charge in [-0.3, -0.25) is 0 Å². The molecule has 0 atom stereocenters. The van der Waals surface area contributed by atoms with E-state index in [4.69, 9.17) is 15.0 Å². The summed E-state index contributed by atoms with van der Waals surface area (Å²) in [6.45, 7) is 38.1. The lowest BCUT2D eigenvalue weighted by molar-refractivity contribution is 0.397. The van der Waals surface area contributed by atoms with Crippen LogP contribution in [-0.2, 0) is 29.1 Å². The number of fused-ring (bicyclic) bond motifs is 3. The fraction of sp³-hybridized carbons (Fsp3) is 0.530. The van der Waals surface area contributed by atoms with Gasteiger partial charge >= 0.3 is 0 Å². The molecule has 0 N–H and O–H groups in total. The Kier molecular flexibility index (Phi) is 27.1. The first-order valence-electron chi connectivity index (χ1n) is 34.5. The number of nitrogens with zero attached hydrogens (tertiary/aromatic N) is 3. The van der Waals surface area contributed by atoms with E-state index < -0.39 is 0 Å². The second kappa shape index (κ2) is 33.6. The molecule has 0 saturated carbocycles. The number of hydrogen-bond donors (Lipinski definition) is 0. The summed E-state index contributed by atoms with van der Waals surface area (Å²) in [6, 6.07) is 41.0. The predicted octanol–water partition coefficient (Wildman–Crippen LogP) is 25.0. The Morgan fingerprint density at radius 2 is 0.651 bits per heavy atom. The third kappa shape index (κ3) is 19.7. The van der Waals surface area contributed by atoms with E-state index in [2.05, 4.69) is 227 Å². The number of unbranched alkanes of at least 4 members (excludes halogenated alkanes) is 16. The summed E-state index contributed by atoms with van der Waals surface area (Å²) in [5, 5.41) is 0. The molecule has 0 fully saturated rings. The van der Waals surface area contributed by atoms with Gasteiger partial charge < -0.3 is 0 Å². The predicted molar refractivity (Wildman–Crippen MR) is 377 cm³/mol. The lowest BCUT2D eigenvalue weighted by atomic mass is 9.70. The summed E-state index contributed by atoms with van der Waals surface area (Å²) in [4.78, 5) is 14.8. The summed E-state index contributed by atoms with van der Waals surface area (Å²) in [5.74, 6) is 2.10. The van der Waals surface area contributed by atoms with E-state index in [0.717, 1.165) is 16.7 Å². The lowest BCUT2D eigenvalue weighted by Crippen LogP contribution is -2.25. The molecule has 7 aromatic rings. The molecule has 86 heavy (non-hydrogen) atoms. The third-order valence-corrected chi connectivity index (χ3v) is 18.8.